The highest BCUT2D eigenvalue weighted by Gasteiger charge is 2.53. The van der Waals surface area contributed by atoms with Crippen LogP contribution in [0.25, 0.3) is 0 Å². The van der Waals surface area contributed by atoms with Crippen molar-refractivity contribution in [1.29, 1.82) is 0 Å². The first kappa shape index (κ1) is 41.8. The molecule has 10 atom stereocenters. The van der Waals surface area contributed by atoms with Crippen LogP contribution in [0, 0.1) is 0 Å². The number of benzene rings is 5. The monoisotopic (exact) mass is 792 g/mol. The van der Waals surface area contributed by atoms with E-state index in [0.29, 0.717) is 6.61 Å². The lowest BCUT2D eigenvalue weighted by molar-refractivity contribution is -0.369. The highest BCUT2D eigenvalue weighted by molar-refractivity contribution is 5.17. The van der Waals surface area contributed by atoms with E-state index in [9.17, 15) is 15.3 Å². The third kappa shape index (κ3) is 11.4. The van der Waals surface area contributed by atoms with Crippen LogP contribution in [0.1, 0.15) is 27.8 Å². The van der Waals surface area contributed by atoms with Crippen molar-refractivity contribution in [3.05, 3.63) is 179 Å². The Morgan fingerprint density at radius 2 is 0.810 bits per heavy atom. The van der Waals surface area contributed by atoms with Crippen LogP contribution in [0.3, 0.4) is 0 Å². The topological polar surface area (TPSA) is 135 Å². The first-order chi connectivity index (χ1) is 28.6. The fourth-order valence-corrected chi connectivity index (χ4v) is 7.20. The third-order valence-corrected chi connectivity index (χ3v) is 10.2. The van der Waals surface area contributed by atoms with Crippen LogP contribution in [-0.4, -0.2) is 89.9 Å². The number of hydrogen-bond acceptors (Lipinski definition) is 11. The van der Waals surface area contributed by atoms with Crippen LogP contribution >= 0.6 is 0 Å². The normalized spacial score (nSPS) is 27.3. The first-order valence-electron chi connectivity index (χ1n) is 19.7. The Labute approximate surface area is 339 Å². The van der Waals surface area contributed by atoms with Crippen molar-refractivity contribution in [2.75, 3.05) is 13.2 Å². The van der Waals surface area contributed by atoms with E-state index in [-0.39, 0.29) is 33.0 Å². The van der Waals surface area contributed by atoms with Crippen molar-refractivity contribution in [1.82, 2.24) is 0 Å². The zero-order chi connectivity index (χ0) is 39.9. The number of aliphatic hydroxyl groups is 3. The maximum Gasteiger partial charge on any atom is 0.187 e. The van der Waals surface area contributed by atoms with Gasteiger partial charge in [0, 0.05) is 0 Å². The summed E-state index contributed by atoms with van der Waals surface area (Å²) >= 11 is 0. The molecule has 5 aromatic carbocycles. The second-order valence-electron chi connectivity index (χ2n) is 14.4. The van der Waals surface area contributed by atoms with E-state index < -0.39 is 68.0 Å². The van der Waals surface area contributed by atoms with Crippen molar-refractivity contribution >= 4 is 0 Å². The Balaban J connectivity index is 1.18. The van der Waals surface area contributed by atoms with Gasteiger partial charge in [-0.15, -0.1) is 0 Å². The molecule has 0 spiro atoms. The number of rotatable bonds is 19. The van der Waals surface area contributed by atoms with Crippen LogP contribution in [0.5, 0.6) is 0 Å². The molecule has 58 heavy (non-hydrogen) atoms. The summed E-state index contributed by atoms with van der Waals surface area (Å²) in [5.74, 6) is 0. The molecule has 2 aliphatic rings. The molecule has 0 aromatic heterocycles. The second-order valence-corrected chi connectivity index (χ2v) is 14.4. The van der Waals surface area contributed by atoms with Crippen molar-refractivity contribution in [2.45, 2.75) is 94.4 Å². The van der Waals surface area contributed by atoms with Gasteiger partial charge in [0.2, 0.25) is 0 Å². The summed E-state index contributed by atoms with van der Waals surface area (Å²) in [5.41, 5.74) is 4.57. The summed E-state index contributed by atoms with van der Waals surface area (Å²) in [6.45, 7) is 0.551. The fraction of sp³-hybridized carbons (Fsp3) is 0.362. The molecule has 0 radical (unpaired) electrons. The summed E-state index contributed by atoms with van der Waals surface area (Å²) in [5, 5.41) is 34.2. The van der Waals surface area contributed by atoms with Gasteiger partial charge in [0.1, 0.15) is 48.8 Å². The molecule has 2 fully saturated rings. The molecular weight excluding hydrogens is 741 g/mol. The fourth-order valence-electron chi connectivity index (χ4n) is 7.20. The van der Waals surface area contributed by atoms with E-state index >= 15 is 0 Å². The van der Waals surface area contributed by atoms with E-state index in [1.807, 2.05) is 152 Å². The molecule has 5 aromatic rings. The molecule has 0 bridgehead atoms. The Kier molecular flexibility index (Phi) is 15.6. The summed E-state index contributed by atoms with van der Waals surface area (Å²) in [6.07, 6.45) is -10.9. The maximum atomic E-state index is 12.2. The van der Waals surface area contributed by atoms with Crippen LogP contribution in [-0.2, 0) is 70.9 Å². The van der Waals surface area contributed by atoms with E-state index in [4.69, 9.17) is 37.9 Å². The number of ether oxygens (including phenoxy) is 8. The van der Waals surface area contributed by atoms with Crippen molar-refractivity contribution in [3.63, 3.8) is 0 Å². The molecule has 0 aliphatic carbocycles. The molecular formula is C47H52O11. The summed E-state index contributed by atoms with van der Waals surface area (Å²) in [4.78, 5) is 0. The summed E-state index contributed by atoms with van der Waals surface area (Å²) < 4.78 is 51.4. The highest BCUT2D eigenvalue weighted by atomic mass is 16.7. The lowest BCUT2D eigenvalue weighted by Gasteiger charge is -2.48. The molecule has 11 nitrogen and oxygen atoms in total. The zero-order valence-electron chi connectivity index (χ0n) is 32.3. The Hall–Kier alpha value is -4.34. The Morgan fingerprint density at radius 1 is 0.414 bits per heavy atom. The van der Waals surface area contributed by atoms with Gasteiger partial charge in [0.15, 0.2) is 12.6 Å². The average Bonchev–Trinajstić information content (AvgIpc) is 3.27. The van der Waals surface area contributed by atoms with Crippen LogP contribution in [0.15, 0.2) is 152 Å². The smallest absolute Gasteiger partial charge is 0.187 e. The van der Waals surface area contributed by atoms with Gasteiger partial charge in [-0.05, 0) is 27.8 Å². The summed E-state index contributed by atoms with van der Waals surface area (Å²) in [7, 11) is 0. The maximum absolute atomic E-state index is 12.2. The number of hydrogen-bond donors (Lipinski definition) is 3. The average molecular weight is 793 g/mol. The van der Waals surface area contributed by atoms with Crippen LogP contribution in [0.4, 0.5) is 0 Å². The first-order valence-corrected chi connectivity index (χ1v) is 19.7. The predicted octanol–water partition coefficient (Wildman–Crippen LogP) is 5.73. The molecule has 0 saturated carbocycles. The predicted molar refractivity (Wildman–Crippen MR) is 214 cm³/mol. The Morgan fingerprint density at radius 3 is 1.26 bits per heavy atom. The van der Waals surface area contributed by atoms with Crippen LogP contribution < -0.4 is 0 Å². The highest BCUT2D eigenvalue weighted by Crippen LogP contribution is 2.34. The van der Waals surface area contributed by atoms with Crippen molar-refractivity contribution < 1.29 is 53.2 Å². The molecule has 0 amide bonds. The van der Waals surface area contributed by atoms with Gasteiger partial charge in [-0.1, -0.05) is 152 Å². The molecule has 11 heteroatoms. The molecule has 2 heterocycles. The molecule has 7 rings (SSSR count). The minimum Gasteiger partial charge on any atom is -0.394 e. The van der Waals surface area contributed by atoms with Crippen molar-refractivity contribution in [2.24, 2.45) is 0 Å². The lowest BCUT2D eigenvalue weighted by atomic mass is 9.96. The molecule has 306 valence electrons. The van der Waals surface area contributed by atoms with E-state index in [1.165, 1.54) is 0 Å². The minimum absolute atomic E-state index is 0.0756. The van der Waals surface area contributed by atoms with Gasteiger partial charge in [-0.2, -0.15) is 0 Å². The standard InChI is InChI=1S/C47H52O11/c48-26-38-42(44(54-30-36-22-12-4-13-23-36)45(46(50)56-38)55-31-37-24-14-5-15-25-37)58-47-40(49)43(53-29-35-20-10-3-11-21-35)41(52-28-34-18-8-2-9-19-34)39(57-47)32-51-27-33-16-6-1-7-17-33/h1-25,38-50H,26-32H2/t38-,39-,40+,41-,42-,43-,44+,45-,46+,47-/m1/s1. The van der Waals surface area contributed by atoms with Gasteiger partial charge in [-0.25, -0.2) is 0 Å². The van der Waals surface area contributed by atoms with Crippen LogP contribution in [0.2, 0.25) is 0 Å². The van der Waals surface area contributed by atoms with E-state index in [1.54, 1.807) is 0 Å². The van der Waals surface area contributed by atoms with E-state index in [2.05, 4.69) is 0 Å². The lowest BCUT2D eigenvalue weighted by Crippen LogP contribution is -2.65. The van der Waals surface area contributed by atoms with E-state index in [0.717, 1.165) is 27.8 Å². The molecule has 2 aliphatic heterocycles. The van der Waals surface area contributed by atoms with Crippen molar-refractivity contribution in [3.8, 4) is 0 Å². The van der Waals surface area contributed by atoms with Gasteiger partial charge in [0.25, 0.3) is 0 Å². The van der Waals surface area contributed by atoms with Gasteiger partial charge in [0.05, 0.1) is 46.2 Å². The van der Waals surface area contributed by atoms with Gasteiger partial charge < -0.3 is 53.2 Å². The largest absolute Gasteiger partial charge is 0.394 e. The molecule has 2 saturated heterocycles. The Bertz CT molecular complexity index is 1870. The molecule has 0 unspecified atom stereocenters. The number of aliphatic hydroxyl groups excluding tert-OH is 3. The zero-order valence-corrected chi connectivity index (χ0v) is 32.3. The molecule has 3 N–H and O–H groups in total. The SMILES string of the molecule is OC[C@H]1O[C@H](O)[C@H](OCc2ccccc2)[C@@H](OCc2ccccc2)[C@@H]1O[C@H]1O[C@H](COCc2ccccc2)[C@@H](OCc2ccccc2)[C@H](OCc2ccccc2)[C@@H]1O. The second kappa shape index (κ2) is 21.6. The quantitative estimate of drug-likeness (QED) is 0.0948. The third-order valence-electron chi connectivity index (χ3n) is 10.2. The minimum atomic E-state index is -1.46. The van der Waals surface area contributed by atoms with Gasteiger partial charge >= 0.3 is 0 Å². The van der Waals surface area contributed by atoms with Gasteiger partial charge in [-0.3, -0.25) is 0 Å². The summed E-state index contributed by atoms with van der Waals surface area (Å²) in [6, 6.07) is 48.3.